The average Bonchev–Trinajstić information content (AvgIpc) is 2.56. The largest absolute Gasteiger partial charge is 0.261 e. The zero-order chi connectivity index (χ0) is 16.4. The summed E-state index contributed by atoms with van der Waals surface area (Å²) >= 11 is 6.06. The summed E-state index contributed by atoms with van der Waals surface area (Å²) in [5.74, 6) is 0.314. The van der Waals surface area contributed by atoms with E-state index in [4.69, 9.17) is 11.6 Å². The number of halogens is 1. The highest BCUT2D eigenvalue weighted by Crippen LogP contribution is 2.32. The van der Waals surface area contributed by atoms with Crippen LogP contribution in [0.2, 0.25) is 5.02 Å². The Balaban J connectivity index is 1.77. The van der Waals surface area contributed by atoms with Gasteiger partial charge in [-0.25, -0.2) is 8.42 Å². The third-order valence-electron chi connectivity index (χ3n) is 4.35. The van der Waals surface area contributed by atoms with Gasteiger partial charge in [0.05, 0.1) is 5.02 Å². The summed E-state index contributed by atoms with van der Waals surface area (Å²) in [6.07, 6.45) is 3.36. The highest BCUT2D eigenvalue weighted by molar-refractivity contribution is 7.89. The van der Waals surface area contributed by atoms with Gasteiger partial charge in [0.25, 0.3) is 0 Å². The Morgan fingerprint density at radius 2 is 1.83 bits per heavy atom. The molecule has 1 aliphatic rings. The van der Waals surface area contributed by atoms with Crippen LogP contribution < -0.4 is 0 Å². The molecular formula is C17H19ClN2O2S. The molecule has 1 saturated heterocycles. The van der Waals surface area contributed by atoms with Crippen LogP contribution in [-0.2, 0) is 10.0 Å². The number of pyridine rings is 1. The van der Waals surface area contributed by atoms with Gasteiger partial charge in [0.15, 0.2) is 0 Å². The molecule has 4 nitrogen and oxygen atoms in total. The second-order valence-corrected chi connectivity index (χ2v) is 8.13. The van der Waals surface area contributed by atoms with E-state index in [1.165, 1.54) is 9.87 Å². The van der Waals surface area contributed by atoms with Gasteiger partial charge in [0, 0.05) is 30.9 Å². The van der Waals surface area contributed by atoms with Crippen molar-refractivity contribution in [3.05, 3.63) is 58.9 Å². The van der Waals surface area contributed by atoms with Gasteiger partial charge in [-0.15, -0.1) is 0 Å². The fourth-order valence-electron chi connectivity index (χ4n) is 3.09. The number of aryl methyl sites for hydroxylation is 1. The normalized spacial score (nSPS) is 17.3. The van der Waals surface area contributed by atoms with Gasteiger partial charge in [-0.3, -0.25) is 4.98 Å². The lowest BCUT2D eigenvalue weighted by Gasteiger charge is -2.31. The van der Waals surface area contributed by atoms with E-state index in [1.54, 1.807) is 30.5 Å². The molecule has 0 bridgehead atoms. The molecule has 0 amide bonds. The van der Waals surface area contributed by atoms with Crippen LogP contribution >= 0.6 is 11.6 Å². The minimum Gasteiger partial charge on any atom is -0.261 e. The van der Waals surface area contributed by atoms with Crippen molar-refractivity contribution >= 4 is 21.6 Å². The van der Waals surface area contributed by atoms with Crippen LogP contribution in [0.5, 0.6) is 0 Å². The van der Waals surface area contributed by atoms with Crippen LogP contribution in [-0.4, -0.2) is 30.8 Å². The zero-order valence-electron chi connectivity index (χ0n) is 12.9. The van der Waals surface area contributed by atoms with Crippen LogP contribution in [0.4, 0.5) is 0 Å². The SMILES string of the molecule is Cc1cccnc1C1CCN(S(=O)(=O)c2ccccc2Cl)CC1. The summed E-state index contributed by atoms with van der Waals surface area (Å²) in [5.41, 5.74) is 2.25. The van der Waals surface area contributed by atoms with Crippen molar-refractivity contribution in [1.82, 2.24) is 9.29 Å². The van der Waals surface area contributed by atoms with Gasteiger partial charge in [0.1, 0.15) is 4.90 Å². The summed E-state index contributed by atoms with van der Waals surface area (Å²) in [4.78, 5) is 4.66. The standard InChI is InChI=1S/C17H19ClN2O2S/c1-13-5-4-10-19-17(13)14-8-11-20(12-9-14)23(21,22)16-7-3-2-6-15(16)18/h2-7,10,14H,8-9,11-12H2,1H3. The zero-order valence-corrected chi connectivity index (χ0v) is 14.5. The lowest BCUT2D eigenvalue weighted by Crippen LogP contribution is -2.38. The maximum atomic E-state index is 12.7. The summed E-state index contributed by atoms with van der Waals surface area (Å²) in [6, 6.07) is 10.6. The van der Waals surface area contributed by atoms with E-state index in [1.807, 2.05) is 6.07 Å². The summed E-state index contributed by atoms with van der Waals surface area (Å²) < 4.78 is 27.0. The number of piperidine rings is 1. The van der Waals surface area contributed by atoms with Gasteiger partial charge < -0.3 is 0 Å². The molecule has 3 rings (SSSR count). The predicted octanol–water partition coefficient (Wildman–Crippen LogP) is 3.61. The second-order valence-electron chi connectivity index (χ2n) is 5.81. The smallest absolute Gasteiger partial charge is 0.244 e. The molecule has 0 aliphatic carbocycles. The molecule has 23 heavy (non-hydrogen) atoms. The van der Waals surface area contributed by atoms with Crippen molar-refractivity contribution in [2.45, 2.75) is 30.6 Å². The summed E-state index contributed by atoms with van der Waals surface area (Å²) in [5, 5.41) is 0.273. The first kappa shape index (κ1) is 16.4. The van der Waals surface area contributed by atoms with Crippen molar-refractivity contribution in [2.75, 3.05) is 13.1 Å². The number of hydrogen-bond donors (Lipinski definition) is 0. The molecule has 1 aromatic carbocycles. The molecule has 1 fully saturated rings. The van der Waals surface area contributed by atoms with E-state index in [-0.39, 0.29) is 9.92 Å². The number of nitrogens with zero attached hydrogens (tertiary/aromatic N) is 2. The van der Waals surface area contributed by atoms with Crippen molar-refractivity contribution < 1.29 is 8.42 Å². The van der Waals surface area contributed by atoms with Crippen molar-refractivity contribution in [3.8, 4) is 0 Å². The van der Waals surface area contributed by atoms with Crippen molar-refractivity contribution in [3.63, 3.8) is 0 Å². The summed E-state index contributed by atoms with van der Waals surface area (Å²) in [6.45, 7) is 3.04. The Bertz CT molecular complexity index is 800. The Morgan fingerprint density at radius 3 is 2.48 bits per heavy atom. The minimum atomic E-state index is -3.53. The Hall–Kier alpha value is -1.43. The van der Waals surface area contributed by atoms with Crippen LogP contribution in [0.25, 0.3) is 0 Å². The van der Waals surface area contributed by atoms with Gasteiger partial charge in [0.2, 0.25) is 10.0 Å². The number of rotatable bonds is 3. The fraction of sp³-hybridized carbons (Fsp3) is 0.353. The molecule has 2 aromatic rings. The number of sulfonamides is 1. The van der Waals surface area contributed by atoms with Crippen LogP contribution in [0.15, 0.2) is 47.5 Å². The van der Waals surface area contributed by atoms with Gasteiger partial charge in [-0.2, -0.15) is 4.31 Å². The predicted molar refractivity (Wildman–Crippen MR) is 91.2 cm³/mol. The van der Waals surface area contributed by atoms with E-state index in [0.29, 0.717) is 19.0 Å². The Kier molecular flexibility index (Phi) is 4.71. The number of hydrogen-bond acceptors (Lipinski definition) is 3. The first-order chi connectivity index (χ1) is 11.0. The summed E-state index contributed by atoms with van der Waals surface area (Å²) in [7, 11) is -3.53. The maximum Gasteiger partial charge on any atom is 0.244 e. The van der Waals surface area contributed by atoms with Crippen LogP contribution in [0.3, 0.4) is 0 Å². The molecular weight excluding hydrogens is 332 g/mol. The minimum absolute atomic E-state index is 0.189. The Morgan fingerprint density at radius 1 is 1.13 bits per heavy atom. The quantitative estimate of drug-likeness (QED) is 0.849. The molecule has 1 aromatic heterocycles. The molecule has 0 atom stereocenters. The van der Waals surface area contributed by atoms with E-state index >= 15 is 0 Å². The van der Waals surface area contributed by atoms with E-state index < -0.39 is 10.0 Å². The van der Waals surface area contributed by atoms with E-state index in [2.05, 4.69) is 18.0 Å². The van der Waals surface area contributed by atoms with Crippen molar-refractivity contribution in [2.24, 2.45) is 0 Å². The first-order valence-corrected chi connectivity index (χ1v) is 9.48. The molecule has 0 unspecified atom stereocenters. The molecule has 1 aliphatic heterocycles. The van der Waals surface area contributed by atoms with Crippen LogP contribution in [0, 0.1) is 6.92 Å². The third kappa shape index (κ3) is 3.27. The molecule has 0 saturated carbocycles. The topological polar surface area (TPSA) is 50.3 Å². The van der Waals surface area contributed by atoms with Gasteiger partial charge in [-0.05, 0) is 43.5 Å². The third-order valence-corrected chi connectivity index (χ3v) is 6.74. The van der Waals surface area contributed by atoms with Gasteiger partial charge in [-0.1, -0.05) is 29.8 Å². The molecule has 6 heteroatoms. The lowest BCUT2D eigenvalue weighted by atomic mass is 9.92. The van der Waals surface area contributed by atoms with Crippen LogP contribution in [0.1, 0.15) is 30.0 Å². The average molecular weight is 351 g/mol. The Labute approximate surface area is 142 Å². The maximum absolute atomic E-state index is 12.7. The second kappa shape index (κ2) is 6.59. The molecule has 122 valence electrons. The monoisotopic (exact) mass is 350 g/mol. The lowest BCUT2D eigenvalue weighted by molar-refractivity contribution is 0.316. The first-order valence-electron chi connectivity index (χ1n) is 7.66. The molecule has 2 heterocycles. The van der Waals surface area contributed by atoms with Gasteiger partial charge >= 0.3 is 0 Å². The fourth-order valence-corrected chi connectivity index (χ4v) is 5.05. The van der Waals surface area contributed by atoms with Crippen molar-refractivity contribution in [1.29, 1.82) is 0 Å². The highest BCUT2D eigenvalue weighted by atomic mass is 35.5. The molecule has 0 spiro atoms. The molecule has 0 radical (unpaired) electrons. The van der Waals surface area contributed by atoms with E-state index in [9.17, 15) is 8.42 Å². The highest BCUT2D eigenvalue weighted by Gasteiger charge is 2.31. The molecule has 0 N–H and O–H groups in total. The number of aromatic nitrogens is 1. The number of benzene rings is 1. The van der Waals surface area contributed by atoms with E-state index in [0.717, 1.165) is 18.5 Å².